The van der Waals surface area contributed by atoms with Gasteiger partial charge < -0.3 is 18.9 Å². The Hall–Kier alpha value is -3.71. The summed E-state index contributed by atoms with van der Waals surface area (Å²) in [6, 6.07) is 14.3. The molecule has 0 heterocycles. The van der Waals surface area contributed by atoms with Crippen LogP contribution in [0.15, 0.2) is 36.4 Å². The molecule has 0 aromatic heterocycles. The first-order valence-corrected chi connectivity index (χ1v) is 9.26. The van der Waals surface area contributed by atoms with Gasteiger partial charge in [-0.05, 0) is 36.4 Å². The van der Waals surface area contributed by atoms with Crippen molar-refractivity contribution in [2.75, 3.05) is 28.4 Å². The van der Waals surface area contributed by atoms with Crippen molar-refractivity contribution in [2.45, 2.75) is 24.7 Å². The van der Waals surface area contributed by atoms with Crippen LogP contribution in [0.4, 0.5) is 0 Å². The fraction of sp³-hybridized carbons (Fsp3) is 0.348. The Kier molecular flexibility index (Phi) is 8.08. The third-order valence-corrected chi connectivity index (χ3v) is 4.90. The average molecular weight is 408 g/mol. The predicted octanol–water partition coefficient (Wildman–Crippen LogP) is 3.98. The van der Waals surface area contributed by atoms with Gasteiger partial charge in [-0.3, -0.25) is 4.79 Å². The number of carbonyl (C=O) groups excluding carboxylic acids is 1. The molecule has 0 amide bonds. The summed E-state index contributed by atoms with van der Waals surface area (Å²) >= 11 is 0. The van der Waals surface area contributed by atoms with Crippen LogP contribution in [0.3, 0.4) is 0 Å². The molecule has 0 N–H and O–H groups in total. The highest BCUT2D eigenvalue weighted by Gasteiger charge is 2.33. The molecule has 0 aliphatic carbocycles. The molecule has 7 heteroatoms. The van der Waals surface area contributed by atoms with Crippen LogP contribution >= 0.6 is 0 Å². The second-order valence-corrected chi connectivity index (χ2v) is 6.45. The summed E-state index contributed by atoms with van der Waals surface area (Å²) in [4.78, 5) is 13.7. The van der Waals surface area contributed by atoms with Crippen molar-refractivity contribution in [1.82, 2.24) is 0 Å². The average Bonchev–Trinajstić information content (AvgIpc) is 2.79. The van der Waals surface area contributed by atoms with Crippen LogP contribution in [0.1, 0.15) is 35.8 Å². The van der Waals surface area contributed by atoms with Gasteiger partial charge in [0.1, 0.15) is 28.8 Å². The van der Waals surface area contributed by atoms with E-state index < -0.39 is 11.8 Å². The number of ketones is 1. The van der Waals surface area contributed by atoms with Gasteiger partial charge in [0.2, 0.25) is 0 Å². The van der Waals surface area contributed by atoms with Crippen LogP contribution in [0, 0.1) is 22.7 Å². The summed E-state index contributed by atoms with van der Waals surface area (Å²) in [6.07, 6.45) is -0.146. The highest BCUT2D eigenvalue weighted by Crippen LogP contribution is 2.40. The van der Waals surface area contributed by atoms with Gasteiger partial charge in [-0.1, -0.05) is 0 Å². The molecule has 0 spiro atoms. The van der Waals surface area contributed by atoms with E-state index in [-0.39, 0.29) is 18.6 Å². The van der Waals surface area contributed by atoms with E-state index in [2.05, 4.69) is 12.1 Å². The van der Waals surface area contributed by atoms with Crippen molar-refractivity contribution in [1.29, 1.82) is 10.5 Å². The molecule has 0 aliphatic rings. The minimum atomic E-state index is -0.811. The Morgan fingerprint density at radius 3 is 1.47 bits per heavy atom. The minimum absolute atomic E-state index is 0.0728. The monoisotopic (exact) mass is 408 g/mol. The topological polar surface area (TPSA) is 102 Å². The third-order valence-electron chi connectivity index (χ3n) is 4.90. The van der Waals surface area contributed by atoms with Gasteiger partial charge in [0.15, 0.2) is 0 Å². The molecule has 0 saturated heterocycles. The molecular formula is C23H24N2O5. The quantitative estimate of drug-likeness (QED) is 0.586. The van der Waals surface area contributed by atoms with Crippen molar-refractivity contribution in [3.8, 4) is 35.1 Å². The number of nitrogens with zero attached hydrogens (tertiary/aromatic N) is 2. The molecule has 2 atom stereocenters. The number of ether oxygens (including phenoxy) is 4. The van der Waals surface area contributed by atoms with Crippen molar-refractivity contribution >= 4 is 5.78 Å². The smallest absolute Gasteiger partial charge is 0.150 e. The molecule has 7 nitrogen and oxygen atoms in total. The van der Waals surface area contributed by atoms with Crippen molar-refractivity contribution in [2.24, 2.45) is 0 Å². The number of rotatable bonds is 10. The van der Waals surface area contributed by atoms with Gasteiger partial charge in [-0.15, -0.1) is 0 Å². The minimum Gasteiger partial charge on any atom is -0.497 e. The number of nitriles is 2. The fourth-order valence-electron chi connectivity index (χ4n) is 3.38. The normalized spacial score (nSPS) is 12.1. The number of hydrogen-bond acceptors (Lipinski definition) is 7. The maximum Gasteiger partial charge on any atom is 0.150 e. The predicted molar refractivity (Wildman–Crippen MR) is 110 cm³/mol. The van der Waals surface area contributed by atoms with Crippen LogP contribution in [-0.2, 0) is 4.79 Å². The molecule has 0 saturated carbocycles. The number of carbonyl (C=O) groups is 1. The lowest BCUT2D eigenvalue weighted by Gasteiger charge is -2.23. The maximum atomic E-state index is 13.7. The number of hydrogen-bond donors (Lipinski definition) is 0. The van der Waals surface area contributed by atoms with Gasteiger partial charge in [-0.2, -0.15) is 10.5 Å². The van der Waals surface area contributed by atoms with Crippen molar-refractivity contribution in [3.63, 3.8) is 0 Å². The lowest BCUT2D eigenvalue weighted by molar-refractivity contribution is -0.121. The largest absolute Gasteiger partial charge is 0.497 e. The highest BCUT2D eigenvalue weighted by molar-refractivity contribution is 5.93. The zero-order chi connectivity index (χ0) is 22.1. The summed E-state index contributed by atoms with van der Waals surface area (Å²) in [7, 11) is 6.03. The first-order chi connectivity index (χ1) is 14.5. The first-order valence-electron chi connectivity index (χ1n) is 9.26. The van der Waals surface area contributed by atoms with E-state index in [9.17, 15) is 15.3 Å². The Balaban J connectivity index is 2.61. The summed E-state index contributed by atoms with van der Waals surface area (Å²) in [5, 5.41) is 18.8. The molecular weight excluding hydrogens is 384 g/mol. The van der Waals surface area contributed by atoms with E-state index >= 15 is 0 Å². The summed E-state index contributed by atoms with van der Waals surface area (Å²) < 4.78 is 21.4. The number of Topliss-reactive ketones (excluding diaryl/α,β-unsaturated/α-hetero) is 1. The Labute approximate surface area is 176 Å². The van der Waals surface area contributed by atoms with Gasteiger partial charge >= 0.3 is 0 Å². The molecule has 0 radical (unpaired) electrons. The van der Waals surface area contributed by atoms with Gasteiger partial charge in [0, 0.05) is 24.0 Å². The zero-order valence-electron chi connectivity index (χ0n) is 17.5. The Morgan fingerprint density at radius 1 is 0.767 bits per heavy atom. The van der Waals surface area contributed by atoms with E-state index in [0.29, 0.717) is 34.1 Å². The lowest BCUT2D eigenvalue weighted by atomic mass is 9.80. The van der Waals surface area contributed by atoms with E-state index in [1.807, 2.05) is 0 Å². The molecule has 2 unspecified atom stereocenters. The van der Waals surface area contributed by atoms with E-state index in [0.717, 1.165) is 0 Å². The van der Waals surface area contributed by atoms with E-state index in [1.54, 1.807) is 36.4 Å². The second kappa shape index (κ2) is 10.7. The molecule has 0 fully saturated rings. The van der Waals surface area contributed by atoms with Crippen molar-refractivity contribution < 1.29 is 23.7 Å². The van der Waals surface area contributed by atoms with E-state index in [4.69, 9.17) is 18.9 Å². The molecule has 30 heavy (non-hydrogen) atoms. The number of benzene rings is 2. The molecule has 156 valence electrons. The molecule has 2 rings (SSSR count). The molecule has 2 aromatic rings. The first kappa shape index (κ1) is 22.6. The molecule has 2 aromatic carbocycles. The summed E-state index contributed by atoms with van der Waals surface area (Å²) in [5.41, 5.74) is 1.07. The SMILES string of the molecule is COc1ccc(OC)c(C(CC#N)C(=O)C(CC#N)c2cc(OC)ccc2OC)c1. The highest BCUT2D eigenvalue weighted by atomic mass is 16.5. The van der Waals surface area contributed by atoms with Gasteiger partial charge in [0.25, 0.3) is 0 Å². The van der Waals surface area contributed by atoms with Crippen LogP contribution in [0.5, 0.6) is 23.0 Å². The standard InChI is InChI=1S/C23H24N2O5/c1-27-15-5-7-21(29-3)19(13-15)17(9-11-24)23(26)18(10-12-25)20-14-16(28-2)6-8-22(20)30-4/h5-8,13-14,17-18H,9-10H2,1-4H3. The zero-order valence-corrected chi connectivity index (χ0v) is 17.5. The van der Waals surface area contributed by atoms with Crippen LogP contribution < -0.4 is 18.9 Å². The van der Waals surface area contributed by atoms with Crippen LogP contribution in [0.25, 0.3) is 0 Å². The molecule has 0 bridgehead atoms. The van der Waals surface area contributed by atoms with Crippen LogP contribution in [-0.4, -0.2) is 34.2 Å². The van der Waals surface area contributed by atoms with Crippen LogP contribution in [0.2, 0.25) is 0 Å². The third kappa shape index (κ3) is 4.82. The summed E-state index contributed by atoms with van der Waals surface area (Å²) in [5.74, 6) is 0.116. The lowest BCUT2D eigenvalue weighted by Crippen LogP contribution is -2.22. The Morgan fingerprint density at radius 2 is 1.17 bits per heavy atom. The van der Waals surface area contributed by atoms with Gasteiger partial charge in [-0.25, -0.2) is 0 Å². The fourth-order valence-corrected chi connectivity index (χ4v) is 3.38. The molecule has 0 aliphatic heterocycles. The summed E-state index contributed by atoms with van der Waals surface area (Å²) in [6.45, 7) is 0. The number of methoxy groups -OCH3 is 4. The van der Waals surface area contributed by atoms with Crippen molar-refractivity contribution in [3.05, 3.63) is 47.5 Å². The maximum absolute atomic E-state index is 13.7. The van der Waals surface area contributed by atoms with Gasteiger partial charge in [0.05, 0.1) is 52.4 Å². The second-order valence-electron chi connectivity index (χ2n) is 6.45. The van der Waals surface area contributed by atoms with E-state index in [1.165, 1.54) is 28.4 Å². The Bertz CT molecular complexity index is 897.